The maximum atomic E-state index is 4.84. The van der Waals surface area contributed by atoms with Crippen molar-refractivity contribution in [3.8, 4) is 11.4 Å². The van der Waals surface area contributed by atoms with E-state index in [2.05, 4.69) is 74.7 Å². The van der Waals surface area contributed by atoms with Gasteiger partial charge in [0.05, 0.1) is 11.0 Å². The van der Waals surface area contributed by atoms with Gasteiger partial charge in [0.1, 0.15) is 5.82 Å². The van der Waals surface area contributed by atoms with Gasteiger partial charge in [-0.05, 0) is 39.8 Å². The Morgan fingerprint density at radius 2 is 1.55 bits per heavy atom. The number of imidazole rings is 1. The number of aryl methyl sites for hydroxylation is 1. The summed E-state index contributed by atoms with van der Waals surface area (Å²) in [5, 5.41) is 0. The molecule has 3 aromatic rings. The highest BCUT2D eigenvalue weighted by molar-refractivity contribution is 5.81. The monoisotopic (exact) mass is 264 g/mol. The van der Waals surface area contributed by atoms with Crippen molar-refractivity contribution in [1.82, 2.24) is 9.55 Å². The number of rotatable bonds is 1. The van der Waals surface area contributed by atoms with Gasteiger partial charge in [-0.15, -0.1) is 0 Å². The van der Waals surface area contributed by atoms with Crippen LogP contribution in [0.15, 0.2) is 48.5 Å². The van der Waals surface area contributed by atoms with E-state index >= 15 is 0 Å². The minimum atomic E-state index is -0.00365. The van der Waals surface area contributed by atoms with Crippen molar-refractivity contribution in [3.05, 3.63) is 54.1 Å². The van der Waals surface area contributed by atoms with Gasteiger partial charge in [0.2, 0.25) is 0 Å². The lowest BCUT2D eigenvalue weighted by Crippen LogP contribution is -2.22. The van der Waals surface area contributed by atoms with Crippen molar-refractivity contribution in [2.75, 3.05) is 0 Å². The molecule has 0 saturated heterocycles. The van der Waals surface area contributed by atoms with E-state index in [-0.39, 0.29) is 5.54 Å². The lowest BCUT2D eigenvalue weighted by molar-refractivity contribution is 0.413. The van der Waals surface area contributed by atoms with Gasteiger partial charge in [-0.25, -0.2) is 4.98 Å². The highest BCUT2D eigenvalue weighted by atomic mass is 15.1. The van der Waals surface area contributed by atoms with E-state index in [0.29, 0.717) is 0 Å². The Balaban J connectivity index is 2.32. The van der Waals surface area contributed by atoms with Crippen LogP contribution in [-0.4, -0.2) is 9.55 Å². The molecule has 0 aliphatic carbocycles. The first-order chi connectivity index (χ1) is 9.47. The molecular weight excluding hydrogens is 244 g/mol. The summed E-state index contributed by atoms with van der Waals surface area (Å²) in [6.07, 6.45) is 0. The molecule has 0 saturated carbocycles. The molecule has 0 unspecified atom stereocenters. The molecule has 0 atom stereocenters. The number of nitrogens with zero attached hydrogens (tertiary/aromatic N) is 2. The van der Waals surface area contributed by atoms with Crippen LogP contribution in [-0.2, 0) is 5.54 Å². The number of hydrogen-bond acceptors (Lipinski definition) is 1. The summed E-state index contributed by atoms with van der Waals surface area (Å²) in [6, 6.07) is 16.9. The molecule has 2 nitrogen and oxygen atoms in total. The van der Waals surface area contributed by atoms with Gasteiger partial charge in [-0.3, -0.25) is 0 Å². The largest absolute Gasteiger partial charge is 0.319 e. The fourth-order valence-electron chi connectivity index (χ4n) is 2.60. The molecule has 0 fully saturated rings. The summed E-state index contributed by atoms with van der Waals surface area (Å²) in [4.78, 5) is 4.84. The first-order valence-corrected chi connectivity index (χ1v) is 7.02. The molecule has 1 heterocycles. The third-order valence-electron chi connectivity index (χ3n) is 3.54. The van der Waals surface area contributed by atoms with Crippen LogP contribution in [0.3, 0.4) is 0 Å². The Kier molecular flexibility index (Phi) is 2.89. The molecule has 0 radical (unpaired) electrons. The SMILES string of the molecule is Cc1ccc(-c2nc3ccccc3n2C(C)(C)C)cc1. The zero-order valence-corrected chi connectivity index (χ0v) is 12.5. The van der Waals surface area contributed by atoms with Crippen molar-refractivity contribution in [2.24, 2.45) is 0 Å². The number of fused-ring (bicyclic) bond motifs is 1. The third kappa shape index (κ3) is 2.11. The summed E-state index contributed by atoms with van der Waals surface area (Å²) >= 11 is 0. The second-order valence-electron chi connectivity index (χ2n) is 6.30. The first-order valence-electron chi connectivity index (χ1n) is 7.02. The molecule has 0 N–H and O–H groups in total. The Morgan fingerprint density at radius 1 is 0.900 bits per heavy atom. The smallest absolute Gasteiger partial charge is 0.141 e. The predicted octanol–water partition coefficient (Wildman–Crippen LogP) is 4.77. The average molecular weight is 264 g/mol. The molecule has 0 amide bonds. The van der Waals surface area contributed by atoms with E-state index in [0.717, 1.165) is 11.3 Å². The van der Waals surface area contributed by atoms with Crippen LogP contribution in [0.4, 0.5) is 0 Å². The van der Waals surface area contributed by atoms with Gasteiger partial charge in [0.25, 0.3) is 0 Å². The summed E-state index contributed by atoms with van der Waals surface area (Å²) in [5.41, 5.74) is 4.68. The van der Waals surface area contributed by atoms with Crippen LogP contribution in [0.1, 0.15) is 26.3 Å². The summed E-state index contributed by atoms with van der Waals surface area (Å²) in [7, 11) is 0. The molecule has 0 bridgehead atoms. The molecule has 3 rings (SSSR count). The second kappa shape index (κ2) is 4.48. The van der Waals surface area contributed by atoms with Gasteiger partial charge in [-0.1, -0.05) is 42.0 Å². The van der Waals surface area contributed by atoms with Gasteiger partial charge >= 0.3 is 0 Å². The molecule has 0 aliphatic heterocycles. The van der Waals surface area contributed by atoms with E-state index < -0.39 is 0 Å². The van der Waals surface area contributed by atoms with Crippen LogP contribution in [0, 0.1) is 6.92 Å². The molecule has 0 aliphatic rings. The zero-order chi connectivity index (χ0) is 14.3. The van der Waals surface area contributed by atoms with Gasteiger partial charge < -0.3 is 4.57 Å². The average Bonchev–Trinajstić information content (AvgIpc) is 2.78. The molecule has 0 spiro atoms. The Hall–Kier alpha value is -2.09. The number of benzene rings is 2. The number of aromatic nitrogens is 2. The van der Waals surface area contributed by atoms with Crippen molar-refractivity contribution in [3.63, 3.8) is 0 Å². The molecule has 1 aromatic heterocycles. The minimum Gasteiger partial charge on any atom is -0.319 e. The van der Waals surface area contributed by atoms with Crippen molar-refractivity contribution in [1.29, 1.82) is 0 Å². The Bertz CT molecular complexity index is 743. The minimum absolute atomic E-state index is 0.00365. The predicted molar refractivity (Wildman–Crippen MR) is 84.9 cm³/mol. The third-order valence-corrected chi connectivity index (χ3v) is 3.54. The van der Waals surface area contributed by atoms with E-state index in [4.69, 9.17) is 4.98 Å². The van der Waals surface area contributed by atoms with Crippen molar-refractivity contribution < 1.29 is 0 Å². The van der Waals surface area contributed by atoms with Gasteiger partial charge in [-0.2, -0.15) is 0 Å². The van der Waals surface area contributed by atoms with Crippen LogP contribution in [0.2, 0.25) is 0 Å². The standard InChI is InChI=1S/C18H20N2/c1-13-9-11-14(12-10-13)17-19-15-7-5-6-8-16(15)20(17)18(2,3)4/h5-12H,1-4H3. The van der Waals surface area contributed by atoms with E-state index in [9.17, 15) is 0 Å². The summed E-state index contributed by atoms with van der Waals surface area (Å²) < 4.78 is 2.33. The summed E-state index contributed by atoms with van der Waals surface area (Å²) in [5.74, 6) is 1.04. The molecular formula is C18H20N2. The topological polar surface area (TPSA) is 17.8 Å². The van der Waals surface area contributed by atoms with Crippen molar-refractivity contribution in [2.45, 2.75) is 33.2 Å². The zero-order valence-electron chi connectivity index (χ0n) is 12.5. The maximum Gasteiger partial charge on any atom is 0.141 e. The highest BCUT2D eigenvalue weighted by Gasteiger charge is 2.21. The second-order valence-corrected chi connectivity index (χ2v) is 6.30. The lowest BCUT2D eigenvalue weighted by Gasteiger charge is -2.24. The quantitative estimate of drug-likeness (QED) is 0.619. The van der Waals surface area contributed by atoms with Crippen LogP contribution < -0.4 is 0 Å². The molecule has 2 aromatic carbocycles. The van der Waals surface area contributed by atoms with Gasteiger partial charge in [0, 0.05) is 11.1 Å². The fraction of sp³-hybridized carbons (Fsp3) is 0.278. The first kappa shape index (κ1) is 12.9. The summed E-state index contributed by atoms with van der Waals surface area (Å²) in [6.45, 7) is 8.77. The van der Waals surface area contributed by atoms with Crippen molar-refractivity contribution >= 4 is 11.0 Å². The van der Waals surface area contributed by atoms with Crippen LogP contribution in [0.5, 0.6) is 0 Å². The normalized spacial score (nSPS) is 12.0. The van der Waals surface area contributed by atoms with E-state index in [1.54, 1.807) is 0 Å². The van der Waals surface area contributed by atoms with Gasteiger partial charge in [0.15, 0.2) is 0 Å². The fourth-order valence-corrected chi connectivity index (χ4v) is 2.60. The Labute approximate surface area is 120 Å². The highest BCUT2D eigenvalue weighted by Crippen LogP contribution is 2.31. The maximum absolute atomic E-state index is 4.84. The van der Waals surface area contributed by atoms with Crippen LogP contribution in [0.25, 0.3) is 22.4 Å². The molecule has 102 valence electrons. The lowest BCUT2D eigenvalue weighted by atomic mass is 10.1. The molecule has 2 heteroatoms. The van der Waals surface area contributed by atoms with E-state index in [1.807, 2.05) is 6.07 Å². The molecule has 20 heavy (non-hydrogen) atoms. The number of hydrogen-bond donors (Lipinski definition) is 0. The van der Waals surface area contributed by atoms with Crippen LogP contribution >= 0.6 is 0 Å². The Morgan fingerprint density at radius 3 is 2.20 bits per heavy atom. The van der Waals surface area contributed by atoms with E-state index in [1.165, 1.54) is 16.6 Å². The number of para-hydroxylation sites is 2.